The van der Waals surface area contributed by atoms with E-state index in [1.807, 2.05) is 0 Å². The minimum absolute atomic E-state index is 0.132. The number of nitrogens with one attached hydrogen (secondary N) is 1. The average Bonchev–Trinajstić information content (AvgIpc) is 2.74. The van der Waals surface area contributed by atoms with E-state index in [9.17, 15) is 18.0 Å². The van der Waals surface area contributed by atoms with E-state index in [-0.39, 0.29) is 15.7 Å². The first-order chi connectivity index (χ1) is 9.75. The van der Waals surface area contributed by atoms with Crippen LogP contribution >= 0.6 is 15.9 Å². The number of benzene rings is 1. The normalized spacial score (nSPS) is 11.5. The van der Waals surface area contributed by atoms with Gasteiger partial charge in [-0.25, -0.2) is 10.2 Å². The highest BCUT2D eigenvalue weighted by atomic mass is 79.9. The van der Waals surface area contributed by atoms with E-state index in [0.29, 0.717) is 5.69 Å². The molecular weight excluding hydrogens is 355 g/mol. The van der Waals surface area contributed by atoms with Crippen LogP contribution in [0.5, 0.6) is 0 Å². The maximum Gasteiger partial charge on any atom is 0.436 e. The molecule has 1 amide bonds. The first kappa shape index (κ1) is 15.5. The van der Waals surface area contributed by atoms with Crippen LogP contribution in [-0.2, 0) is 6.18 Å². The van der Waals surface area contributed by atoms with Crippen LogP contribution in [0.3, 0.4) is 0 Å². The summed E-state index contributed by atoms with van der Waals surface area (Å²) < 4.78 is 39.3. The van der Waals surface area contributed by atoms with Gasteiger partial charge >= 0.3 is 6.18 Å². The molecule has 0 saturated heterocycles. The summed E-state index contributed by atoms with van der Waals surface area (Å²) in [7, 11) is 0. The molecular formula is C12H9BrF3N3O2. The summed E-state index contributed by atoms with van der Waals surface area (Å²) in [5.41, 5.74) is 1.26. The topological polar surface area (TPSA) is 67.2 Å². The molecule has 0 aliphatic heterocycles. The van der Waals surface area contributed by atoms with Gasteiger partial charge in [0.25, 0.3) is 5.91 Å². The Hall–Kier alpha value is -1.87. The van der Waals surface area contributed by atoms with E-state index in [1.165, 1.54) is 36.7 Å². The second-order valence-electron chi connectivity index (χ2n) is 4.15. The lowest BCUT2D eigenvalue weighted by atomic mass is 10.2. The molecule has 0 aliphatic carbocycles. The minimum atomic E-state index is -4.56. The Morgan fingerprint density at radius 3 is 2.33 bits per heavy atom. The Morgan fingerprint density at radius 2 is 1.90 bits per heavy atom. The summed E-state index contributed by atoms with van der Waals surface area (Å²) in [6.07, 6.45) is -4.56. The Kier molecular flexibility index (Phi) is 4.06. The molecule has 2 N–H and O–H groups in total. The Labute approximate surface area is 125 Å². The second-order valence-corrected chi connectivity index (χ2v) is 4.94. The number of carbonyl (C=O) groups excluding carboxylic acids is 1. The molecule has 1 aromatic carbocycles. The van der Waals surface area contributed by atoms with E-state index in [0.717, 1.165) is 4.68 Å². The van der Waals surface area contributed by atoms with E-state index >= 15 is 0 Å². The van der Waals surface area contributed by atoms with Crippen LogP contribution in [0.15, 0.2) is 28.7 Å². The summed E-state index contributed by atoms with van der Waals surface area (Å²) >= 11 is 2.88. The summed E-state index contributed by atoms with van der Waals surface area (Å²) in [6.45, 7) is 1.49. The van der Waals surface area contributed by atoms with Gasteiger partial charge in [-0.1, -0.05) is 0 Å². The van der Waals surface area contributed by atoms with Crippen molar-refractivity contribution < 1.29 is 23.2 Å². The van der Waals surface area contributed by atoms with Crippen molar-refractivity contribution in [2.24, 2.45) is 0 Å². The van der Waals surface area contributed by atoms with Crippen LogP contribution in [0, 0.1) is 6.92 Å². The number of hydrogen-bond donors (Lipinski definition) is 2. The van der Waals surface area contributed by atoms with Crippen molar-refractivity contribution in [3.8, 4) is 5.69 Å². The lowest BCUT2D eigenvalue weighted by Gasteiger charge is -2.05. The average molecular weight is 364 g/mol. The molecule has 0 radical (unpaired) electrons. The highest BCUT2D eigenvalue weighted by Gasteiger charge is 2.38. The SMILES string of the molecule is Cc1c(Br)c(C(F)(F)F)nn1-c1ccc(C(=O)NO)cc1. The Morgan fingerprint density at radius 1 is 1.33 bits per heavy atom. The molecule has 9 heteroatoms. The van der Waals surface area contributed by atoms with Crippen LogP contribution in [0.25, 0.3) is 5.69 Å². The van der Waals surface area contributed by atoms with Gasteiger partial charge in [0.15, 0.2) is 5.69 Å². The fourth-order valence-corrected chi connectivity index (χ4v) is 2.21. The van der Waals surface area contributed by atoms with Crippen LogP contribution in [-0.4, -0.2) is 20.9 Å². The Bertz CT molecular complexity index is 680. The largest absolute Gasteiger partial charge is 0.436 e. The van der Waals surface area contributed by atoms with E-state index in [4.69, 9.17) is 5.21 Å². The standard InChI is InChI=1S/C12H9BrF3N3O2/c1-6-9(13)10(12(14,15)16)17-19(6)8-4-2-7(3-5-8)11(20)18-21/h2-5,21H,1H3,(H,18,20). The molecule has 2 rings (SSSR count). The van der Waals surface area contributed by atoms with Crippen molar-refractivity contribution in [2.75, 3.05) is 0 Å². The summed E-state index contributed by atoms with van der Waals surface area (Å²) in [6, 6.07) is 5.58. The number of alkyl halides is 3. The van der Waals surface area contributed by atoms with Crippen molar-refractivity contribution in [3.05, 3.63) is 45.7 Å². The van der Waals surface area contributed by atoms with Gasteiger partial charge in [0, 0.05) is 5.56 Å². The van der Waals surface area contributed by atoms with Crippen LogP contribution < -0.4 is 5.48 Å². The molecule has 2 aromatic rings. The lowest BCUT2D eigenvalue weighted by Crippen LogP contribution is -2.18. The van der Waals surface area contributed by atoms with E-state index in [2.05, 4.69) is 21.0 Å². The first-order valence-electron chi connectivity index (χ1n) is 5.63. The quantitative estimate of drug-likeness (QED) is 0.636. The second kappa shape index (κ2) is 5.49. The summed E-state index contributed by atoms with van der Waals surface area (Å²) in [4.78, 5) is 11.2. The van der Waals surface area contributed by atoms with Crippen molar-refractivity contribution >= 4 is 21.8 Å². The summed E-state index contributed by atoms with van der Waals surface area (Å²) in [5.74, 6) is -0.712. The van der Waals surface area contributed by atoms with E-state index < -0.39 is 17.8 Å². The van der Waals surface area contributed by atoms with Crippen LogP contribution in [0.4, 0.5) is 13.2 Å². The summed E-state index contributed by atoms with van der Waals surface area (Å²) in [5, 5.41) is 12.0. The third kappa shape index (κ3) is 2.93. The highest BCUT2D eigenvalue weighted by Crippen LogP contribution is 2.36. The molecule has 0 atom stereocenters. The molecule has 5 nitrogen and oxygen atoms in total. The predicted octanol–water partition coefficient (Wildman–Crippen LogP) is 3.08. The fourth-order valence-electron chi connectivity index (χ4n) is 1.73. The molecule has 112 valence electrons. The number of carbonyl (C=O) groups is 1. The van der Waals surface area contributed by atoms with Gasteiger partial charge in [-0.05, 0) is 47.1 Å². The third-order valence-corrected chi connectivity index (χ3v) is 3.74. The minimum Gasteiger partial charge on any atom is -0.288 e. The predicted molar refractivity (Wildman–Crippen MR) is 70.3 cm³/mol. The molecule has 1 aromatic heterocycles. The molecule has 1 heterocycles. The van der Waals surface area contributed by atoms with Gasteiger partial charge < -0.3 is 0 Å². The highest BCUT2D eigenvalue weighted by molar-refractivity contribution is 9.10. The first-order valence-corrected chi connectivity index (χ1v) is 6.42. The van der Waals surface area contributed by atoms with Gasteiger partial charge in [-0.15, -0.1) is 0 Å². The van der Waals surface area contributed by atoms with Crippen molar-refractivity contribution in [2.45, 2.75) is 13.1 Å². The molecule has 0 unspecified atom stereocenters. The van der Waals surface area contributed by atoms with Crippen LogP contribution in [0.2, 0.25) is 0 Å². The molecule has 0 spiro atoms. The number of hydrogen-bond acceptors (Lipinski definition) is 3. The third-order valence-electron chi connectivity index (χ3n) is 2.79. The van der Waals surface area contributed by atoms with Crippen molar-refractivity contribution in [1.82, 2.24) is 15.3 Å². The smallest absolute Gasteiger partial charge is 0.288 e. The number of aromatic nitrogens is 2. The maximum atomic E-state index is 12.8. The number of nitrogens with zero attached hydrogens (tertiary/aromatic N) is 2. The number of halogens is 4. The van der Waals surface area contributed by atoms with Crippen molar-refractivity contribution in [3.63, 3.8) is 0 Å². The van der Waals surface area contributed by atoms with Gasteiger partial charge in [-0.3, -0.25) is 10.0 Å². The molecule has 0 fully saturated rings. The van der Waals surface area contributed by atoms with Crippen molar-refractivity contribution in [1.29, 1.82) is 0 Å². The Balaban J connectivity index is 2.46. The van der Waals surface area contributed by atoms with Crippen LogP contribution in [0.1, 0.15) is 21.7 Å². The van der Waals surface area contributed by atoms with Gasteiger partial charge in [0.05, 0.1) is 15.9 Å². The number of amides is 1. The zero-order valence-corrected chi connectivity index (χ0v) is 12.2. The molecule has 0 saturated carbocycles. The van der Waals surface area contributed by atoms with Gasteiger partial charge in [0.1, 0.15) is 0 Å². The molecule has 0 bridgehead atoms. The maximum absolute atomic E-state index is 12.8. The monoisotopic (exact) mass is 363 g/mol. The number of hydroxylamine groups is 1. The van der Waals surface area contributed by atoms with Gasteiger partial charge in [0.2, 0.25) is 0 Å². The number of rotatable bonds is 2. The van der Waals surface area contributed by atoms with E-state index in [1.54, 1.807) is 0 Å². The fraction of sp³-hybridized carbons (Fsp3) is 0.167. The molecule has 21 heavy (non-hydrogen) atoms. The zero-order valence-electron chi connectivity index (χ0n) is 10.6. The van der Waals surface area contributed by atoms with Gasteiger partial charge in [-0.2, -0.15) is 18.3 Å². The zero-order chi connectivity index (χ0) is 15.8. The molecule has 0 aliphatic rings. The lowest BCUT2D eigenvalue weighted by molar-refractivity contribution is -0.141.